The highest BCUT2D eigenvalue weighted by molar-refractivity contribution is 5.74. The minimum atomic E-state index is 0.767. The maximum absolute atomic E-state index is 4.40. The molecule has 0 bridgehead atoms. The van der Waals surface area contributed by atoms with Crippen LogP contribution in [-0.4, -0.2) is 19.9 Å². The Morgan fingerprint density at radius 1 is 1.07 bits per heavy atom. The molecule has 15 heavy (non-hydrogen) atoms. The van der Waals surface area contributed by atoms with Gasteiger partial charge in [-0.25, -0.2) is 15.0 Å². The van der Waals surface area contributed by atoms with Crippen LogP contribution in [0.5, 0.6) is 0 Å². The number of hydrogen-bond donors (Lipinski definition) is 1. The Balaban J connectivity index is 2.21. The zero-order valence-electron chi connectivity index (χ0n) is 7.88. The van der Waals surface area contributed by atoms with Crippen molar-refractivity contribution in [2.45, 2.75) is 0 Å². The first-order chi connectivity index (χ1) is 7.43. The standard InChI is InChI=1S/C11H8N4/c1-2-4-8(5-3-1)10-14-9-6-12-7-13-11(9)15-10/h1-7H,(H,12,13,14,15). The van der Waals surface area contributed by atoms with Crippen molar-refractivity contribution in [3.05, 3.63) is 42.9 Å². The van der Waals surface area contributed by atoms with Crippen molar-refractivity contribution in [3.8, 4) is 11.4 Å². The van der Waals surface area contributed by atoms with Crippen molar-refractivity contribution in [2.75, 3.05) is 0 Å². The molecule has 0 radical (unpaired) electrons. The molecule has 2 heterocycles. The summed E-state index contributed by atoms with van der Waals surface area (Å²) in [6.07, 6.45) is 3.21. The highest BCUT2D eigenvalue weighted by Gasteiger charge is 2.04. The van der Waals surface area contributed by atoms with Crippen molar-refractivity contribution in [1.29, 1.82) is 0 Å². The molecule has 0 unspecified atom stereocenters. The van der Waals surface area contributed by atoms with Crippen molar-refractivity contribution in [3.63, 3.8) is 0 Å². The lowest BCUT2D eigenvalue weighted by molar-refractivity contribution is 1.20. The highest BCUT2D eigenvalue weighted by atomic mass is 15.0. The average Bonchev–Trinajstić information content (AvgIpc) is 2.74. The van der Waals surface area contributed by atoms with Gasteiger partial charge in [0, 0.05) is 5.56 Å². The molecule has 3 aromatic rings. The van der Waals surface area contributed by atoms with Crippen molar-refractivity contribution >= 4 is 11.2 Å². The lowest BCUT2D eigenvalue weighted by atomic mass is 10.2. The molecule has 0 saturated carbocycles. The quantitative estimate of drug-likeness (QED) is 0.647. The molecule has 0 aliphatic carbocycles. The molecule has 0 aliphatic rings. The first-order valence-electron chi connectivity index (χ1n) is 4.64. The molecule has 1 aromatic carbocycles. The van der Waals surface area contributed by atoms with Crippen molar-refractivity contribution < 1.29 is 0 Å². The number of imidazole rings is 1. The fourth-order valence-corrected chi connectivity index (χ4v) is 1.49. The lowest BCUT2D eigenvalue weighted by Crippen LogP contribution is -1.78. The zero-order chi connectivity index (χ0) is 10.1. The number of aromatic amines is 1. The molecule has 0 spiro atoms. The van der Waals surface area contributed by atoms with Gasteiger partial charge in [-0.1, -0.05) is 30.3 Å². The molecule has 3 rings (SSSR count). The van der Waals surface area contributed by atoms with Crippen LogP contribution in [0, 0.1) is 0 Å². The third-order valence-corrected chi connectivity index (χ3v) is 2.21. The van der Waals surface area contributed by atoms with E-state index >= 15 is 0 Å². The summed E-state index contributed by atoms with van der Waals surface area (Å²) in [6, 6.07) is 9.95. The van der Waals surface area contributed by atoms with Crippen LogP contribution >= 0.6 is 0 Å². The topological polar surface area (TPSA) is 54.5 Å². The lowest BCUT2D eigenvalue weighted by Gasteiger charge is -1.92. The van der Waals surface area contributed by atoms with E-state index in [1.54, 1.807) is 6.20 Å². The van der Waals surface area contributed by atoms with E-state index in [1.165, 1.54) is 6.33 Å². The molecule has 0 saturated heterocycles. The van der Waals surface area contributed by atoms with Gasteiger partial charge in [0.05, 0.1) is 6.20 Å². The molecule has 4 heteroatoms. The summed E-state index contributed by atoms with van der Waals surface area (Å²) < 4.78 is 0. The van der Waals surface area contributed by atoms with Gasteiger partial charge in [0.2, 0.25) is 0 Å². The van der Waals surface area contributed by atoms with E-state index in [0.717, 1.165) is 22.6 Å². The molecule has 0 aliphatic heterocycles. The maximum Gasteiger partial charge on any atom is 0.161 e. The van der Waals surface area contributed by atoms with Gasteiger partial charge in [-0.15, -0.1) is 0 Å². The van der Waals surface area contributed by atoms with E-state index in [2.05, 4.69) is 19.9 Å². The van der Waals surface area contributed by atoms with Crippen LogP contribution in [0.15, 0.2) is 42.9 Å². The molecule has 0 atom stereocenters. The largest absolute Gasteiger partial charge is 0.323 e. The van der Waals surface area contributed by atoms with Crippen molar-refractivity contribution in [2.24, 2.45) is 0 Å². The summed E-state index contributed by atoms with van der Waals surface area (Å²) in [4.78, 5) is 15.6. The fraction of sp³-hybridized carbons (Fsp3) is 0. The molecule has 1 N–H and O–H groups in total. The van der Waals surface area contributed by atoms with Crippen LogP contribution in [0.2, 0.25) is 0 Å². The second kappa shape index (κ2) is 3.16. The Labute approximate surface area is 86.0 Å². The van der Waals surface area contributed by atoms with E-state index in [1.807, 2.05) is 30.3 Å². The third kappa shape index (κ3) is 1.36. The van der Waals surface area contributed by atoms with Gasteiger partial charge in [0.15, 0.2) is 5.65 Å². The highest BCUT2D eigenvalue weighted by Crippen LogP contribution is 2.17. The molecule has 72 valence electrons. The Morgan fingerprint density at radius 3 is 2.73 bits per heavy atom. The predicted molar refractivity (Wildman–Crippen MR) is 57.1 cm³/mol. The van der Waals surface area contributed by atoms with Gasteiger partial charge >= 0.3 is 0 Å². The van der Waals surface area contributed by atoms with Gasteiger partial charge in [-0.3, -0.25) is 0 Å². The first-order valence-corrected chi connectivity index (χ1v) is 4.64. The van der Waals surface area contributed by atoms with E-state index in [9.17, 15) is 0 Å². The Morgan fingerprint density at radius 2 is 1.93 bits per heavy atom. The number of fused-ring (bicyclic) bond motifs is 1. The second-order valence-electron chi connectivity index (χ2n) is 3.21. The number of nitrogens with zero attached hydrogens (tertiary/aromatic N) is 3. The number of H-pyrrole nitrogens is 1. The van der Waals surface area contributed by atoms with Crippen LogP contribution < -0.4 is 0 Å². The molecule has 4 nitrogen and oxygen atoms in total. The number of aromatic nitrogens is 4. The molecule has 0 amide bonds. The van der Waals surface area contributed by atoms with Crippen LogP contribution in [0.1, 0.15) is 0 Å². The second-order valence-corrected chi connectivity index (χ2v) is 3.21. The van der Waals surface area contributed by atoms with Crippen LogP contribution in [0.4, 0.5) is 0 Å². The summed E-state index contributed by atoms with van der Waals surface area (Å²) >= 11 is 0. The van der Waals surface area contributed by atoms with Crippen LogP contribution in [0.25, 0.3) is 22.6 Å². The maximum atomic E-state index is 4.40. The molecular weight excluding hydrogens is 188 g/mol. The van der Waals surface area contributed by atoms with E-state index in [-0.39, 0.29) is 0 Å². The van der Waals surface area contributed by atoms with Gasteiger partial charge < -0.3 is 4.98 Å². The predicted octanol–water partition coefficient (Wildman–Crippen LogP) is 2.02. The third-order valence-electron chi connectivity index (χ3n) is 2.21. The minimum absolute atomic E-state index is 0.767. The molecule has 2 aromatic heterocycles. The monoisotopic (exact) mass is 196 g/mol. The van der Waals surface area contributed by atoms with Gasteiger partial charge in [-0.05, 0) is 0 Å². The van der Waals surface area contributed by atoms with E-state index < -0.39 is 0 Å². The SMILES string of the molecule is c1ccc(-c2nc3cncnc3[nH]2)cc1. The van der Waals surface area contributed by atoms with Gasteiger partial charge in [-0.2, -0.15) is 0 Å². The summed E-state index contributed by atoms with van der Waals surface area (Å²) in [6.45, 7) is 0. The number of benzene rings is 1. The average molecular weight is 196 g/mol. The zero-order valence-corrected chi connectivity index (χ0v) is 7.88. The number of nitrogens with one attached hydrogen (secondary N) is 1. The number of rotatable bonds is 1. The molecular formula is C11H8N4. The van der Waals surface area contributed by atoms with Gasteiger partial charge in [0.1, 0.15) is 17.7 Å². The van der Waals surface area contributed by atoms with E-state index in [0.29, 0.717) is 0 Å². The van der Waals surface area contributed by atoms with Crippen LogP contribution in [0.3, 0.4) is 0 Å². The van der Waals surface area contributed by atoms with Crippen LogP contribution in [-0.2, 0) is 0 Å². The Kier molecular flexibility index (Phi) is 1.71. The van der Waals surface area contributed by atoms with E-state index in [4.69, 9.17) is 0 Å². The van der Waals surface area contributed by atoms with Crippen molar-refractivity contribution in [1.82, 2.24) is 19.9 Å². The number of hydrogen-bond acceptors (Lipinski definition) is 3. The molecule has 0 fully saturated rings. The summed E-state index contributed by atoms with van der Waals surface area (Å²) in [5, 5.41) is 0. The normalized spacial score (nSPS) is 10.7. The smallest absolute Gasteiger partial charge is 0.161 e. The Hall–Kier alpha value is -2.23. The Bertz CT molecular complexity index is 553. The summed E-state index contributed by atoms with van der Waals surface area (Å²) in [5.41, 5.74) is 2.61. The summed E-state index contributed by atoms with van der Waals surface area (Å²) in [7, 11) is 0. The minimum Gasteiger partial charge on any atom is -0.323 e. The van der Waals surface area contributed by atoms with Gasteiger partial charge in [0.25, 0.3) is 0 Å². The fourth-order valence-electron chi connectivity index (χ4n) is 1.49. The summed E-state index contributed by atoms with van der Waals surface area (Å²) in [5.74, 6) is 0.825. The first kappa shape index (κ1) is 8.11.